The highest BCUT2D eigenvalue weighted by molar-refractivity contribution is 5.87. The van der Waals surface area contributed by atoms with Gasteiger partial charge in [-0.2, -0.15) is 0 Å². The van der Waals surface area contributed by atoms with Crippen LogP contribution in [0.2, 0.25) is 0 Å². The van der Waals surface area contributed by atoms with E-state index < -0.39 is 11.6 Å². The summed E-state index contributed by atoms with van der Waals surface area (Å²) in [5, 5.41) is 16.2. The number of carbonyl (C=O) groups excluding carboxylic acids is 1. The first-order valence-corrected chi connectivity index (χ1v) is 14.4. The Labute approximate surface area is 245 Å². The SMILES string of the molecule is CC(C)(N)C(=O)N[C@H](Cc1c[nH]c2ccccc12)c1nnc(CCc2ccccc2)n1Cc1cccc2ccccc12. The molecule has 0 aliphatic carbocycles. The second-order valence-electron chi connectivity index (χ2n) is 11.5. The summed E-state index contributed by atoms with van der Waals surface area (Å²) >= 11 is 0. The van der Waals surface area contributed by atoms with Crippen molar-refractivity contribution in [1.82, 2.24) is 25.1 Å². The van der Waals surface area contributed by atoms with E-state index in [0.717, 1.165) is 35.1 Å². The Kier molecular flexibility index (Phi) is 7.59. The molecule has 0 aliphatic rings. The number of fused-ring (bicyclic) bond motifs is 2. The monoisotopic (exact) mass is 556 g/mol. The van der Waals surface area contributed by atoms with Gasteiger partial charge in [0, 0.05) is 29.9 Å². The third-order valence-corrected chi connectivity index (χ3v) is 7.85. The third-order valence-electron chi connectivity index (χ3n) is 7.85. The van der Waals surface area contributed by atoms with Crippen LogP contribution in [0.4, 0.5) is 0 Å². The number of rotatable bonds is 10. The Bertz CT molecular complexity index is 1820. The van der Waals surface area contributed by atoms with Crippen LogP contribution >= 0.6 is 0 Å². The zero-order valence-corrected chi connectivity index (χ0v) is 24.0. The summed E-state index contributed by atoms with van der Waals surface area (Å²) in [5.41, 5.74) is 9.77. The maximum Gasteiger partial charge on any atom is 0.240 e. The molecule has 7 heteroatoms. The largest absolute Gasteiger partial charge is 0.361 e. The lowest BCUT2D eigenvalue weighted by atomic mass is 10.0. The van der Waals surface area contributed by atoms with Crippen molar-refractivity contribution < 1.29 is 4.79 Å². The average Bonchev–Trinajstić information content (AvgIpc) is 3.59. The summed E-state index contributed by atoms with van der Waals surface area (Å²) in [6.45, 7) is 4.02. The lowest BCUT2D eigenvalue weighted by Crippen LogP contribution is -2.50. The molecule has 0 aliphatic heterocycles. The maximum atomic E-state index is 13.3. The Morgan fingerprint density at radius 2 is 1.57 bits per heavy atom. The number of nitrogens with one attached hydrogen (secondary N) is 2. The minimum absolute atomic E-state index is 0.238. The number of amides is 1. The van der Waals surface area contributed by atoms with Crippen LogP contribution in [0.3, 0.4) is 0 Å². The van der Waals surface area contributed by atoms with Gasteiger partial charge in [0.15, 0.2) is 5.82 Å². The number of benzene rings is 4. The quantitative estimate of drug-likeness (QED) is 0.196. The molecule has 6 aromatic rings. The predicted octanol–water partition coefficient (Wildman–Crippen LogP) is 5.88. The second kappa shape index (κ2) is 11.6. The molecule has 2 aromatic heterocycles. The van der Waals surface area contributed by atoms with E-state index in [0.29, 0.717) is 18.8 Å². The lowest BCUT2D eigenvalue weighted by Gasteiger charge is -2.25. The first-order chi connectivity index (χ1) is 20.4. The molecule has 1 amide bonds. The molecular weight excluding hydrogens is 520 g/mol. The normalized spacial score (nSPS) is 12.5. The van der Waals surface area contributed by atoms with Crippen LogP contribution in [0, 0.1) is 0 Å². The molecule has 212 valence electrons. The smallest absolute Gasteiger partial charge is 0.240 e. The molecule has 0 saturated carbocycles. The molecule has 4 N–H and O–H groups in total. The fourth-order valence-corrected chi connectivity index (χ4v) is 5.54. The van der Waals surface area contributed by atoms with Crippen molar-refractivity contribution in [3.8, 4) is 0 Å². The van der Waals surface area contributed by atoms with Gasteiger partial charge in [-0.05, 0) is 53.8 Å². The first kappa shape index (κ1) is 27.4. The Morgan fingerprint density at radius 1 is 0.857 bits per heavy atom. The number of nitrogens with two attached hydrogens (primary N) is 1. The molecule has 1 atom stereocenters. The summed E-state index contributed by atoms with van der Waals surface area (Å²) < 4.78 is 2.19. The zero-order chi connectivity index (χ0) is 29.1. The first-order valence-electron chi connectivity index (χ1n) is 14.4. The molecule has 0 spiro atoms. The number of aryl methyl sites for hydroxylation is 2. The molecule has 4 aromatic carbocycles. The van der Waals surface area contributed by atoms with Gasteiger partial charge >= 0.3 is 0 Å². The number of hydrogen-bond donors (Lipinski definition) is 3. The molecule has 0 unspecified atom stereocenters. The van der Waals surface area contributed by atoms with Crippen molar-refractivity contribution in [2.24, 2.45) is 5.73 Å². The second-order valence-corrected chi connectivity index (χ2v) is 11.5. The summed E-state index contributed by atoms with van der Waals surface area (Å²) in [5.74, 6) is 1.36. The van der Waals surface area contributed by atoms with Crippen LogP contribution in [-0.2, 0) is 30.6 Å². The van der Waals surface area contributed by atoms with Gasteiger partial charge in [0.2, 0.25) is 5.91 Å². The van der Waals surface area contributed by atoms with E-state index in [1.54, 1.807) is 13.8 Å². The highest BCUT2D eigenvalue weighted by atomic mass is 16.2. The standard InChI is InChI=1S/C35H36N6O/c1-35(2,36)34(42)38-31(21-27-22-37-30-18-9-8-17-29(27)30)33-40-39-32(20-19-24-11-4-3-5-12-24)41(33)23-26-15-10-14-25-13-6-7-16-28(25)26/h3-18,22,31,37H,19-21,23,36H2,1-2H3,(H,38,42)/t31-/m1/s1. The van der Waals surface area contributed by atoms with Crippen LogP contribution in [0.5, 0.6) is 0 Å². The maximum absolute atomic E-state index is 13.3. The Morgan fingerprint density at radius 3 is 2.38 bits per heavy atom. The van der Waals surface area contributed by atoms with E-state index in [1.807, 2.05) is 24.4 Å². The van der Waals surface area contributed by atoms with Gasteiger partial charge in [-0.25, -0.2) is 0 Å². The molecule has 0 radical (unpaired) electrons. The van der Waals surface area contributed by atoms with Crippen LogP contribution in [0.25, 0.3) is 21.7 Å². The molecule has 2 heterocycles. The number of carbonyl (C=O) groups is 1. The summed E-state index contributed by atoms with van der Waals surface area (Å²) in [6.07, 6.45) is 4.11. The van der Waals surface area contributed by atoms with Crippen LogP contribution in [0.1, 0.15) is 48.2 Å². The van der Waals surface area contributed by atoms with Crippen molar-refractivity contribution in [3.63, 3.8) is 0 Å². The number of H-pyrrole nitrogens is 1. The van der Waals surface area contributed by atoms with Crippen molar-refractivity contribution in [3.05, 3.63) is 132 Å². The number of hydrogen-bond acceptors (Lipinski definition) is 4. The van der Waals surface area contributed by atoms with Crippen LogP contribution < -0.4 is 11.1 Å². The minimum Gasteiger partial charge on any atom is -0.361 e. The molecule has 42 heavy (non-hydrogen) atoms. The van der Waals surface area contributed by atoms with Gasteiger partial charge in [-0.3, -0.25) is 4.79 Å². The molecule has 0 saturated heterocycles. The topological polar surface area (TPSA) is 102 Å². The highest BCUT2D eigenvalue weighted by Gasteiger charge is 2.29. The molecule has 6 rings (SSSR count). The van der Waals surface area contributed by atoms with Gasteiger partial charge < -0.3 is 20.6 Å². The zero-order valence-electron chi connectivity index (χ0n) is 24.0. The number of nitrogens with zero attached hydrogens (tertiary/aromatic N) is 3. The summed E-state index contributed by atoms with van der Waals surface area (Å²) in [7, 11) is 0. The van der Waals surface area contributed by atoms with Gasteiger partial charge in [0.25, 0.3) is 0 Å². The van der Waals surface area contributed by atoms with Crippen molar-refractivity contribution in [1.29, 1.82) is 0 Å². The Balaban J connectivity index is 1.43. The number of aromatic nitrogens is 4. The third kappa shape index (κ3) is 5.83. The van der Waals surface area contributed by atoms with Gasteiger partial charge in [-0.15, -0.1) is 10.2 Å². The fraction of sp³-hybridized carbons (Fsp3) is 0.229. The van der Waals surface area contributed by atoms with E-state index >= 15 is 0 Å². The molecule has 0 fully saturated rings. The predicted molar refractivity (Wildman–Crippen MR) is 168 cm³/mol. The van der Waals surface area contributed by atoms with E-state index in [9.17, 15) is 4.79 Å². The lowest BCUT2D eigenvalue weighted by molar-refractivity contribution is -0.126. The van der Waals surface area contributed by atoms with Crippen molar-refractivity contribution in [2.45, 2.75) is 51.2 Å². The minimum atomic E-state index is -1.05. The number of para-hydroxylation sites is 1. The van der Waals surface area contributed by atoms with E-state index in [4.69, 9.17) is 15.9 Å². The highest BCUT2D eigenvalue weighted by Crippen LogP contribution is 2.27. The fourth-order valence-electron chi connectivity index (χ4n) is 5.54. The molecule has 0 bridgehead atoms. The van der Waals surface area contributed by atoms with Gasteiger partial charge in [0.1, 0.15) is 5.82 Å². The number of aromatic amines is 1. The van der Waals surface area contributed by atoms with Crippen molar-refractivity contribution in [2.75, 3.05) is 0 Å². The van der Waals surface area contributed by atoms with Crippen molar-refractivity contribution >= 4 is 27.6 Å². The average molecular weight is 557 g/mol. The summed E-state index contributed by atoms with van der Waals surface area (Å²) in [6, 6.07) is 33.0. The van der Waals surface area contributed by atoms with E-state index in [1.165, 1.54) is 21.9 Å². The molecular formula is C35H36N6O. The Hall–Kier alpha value is -4.75. The van der Waals surface area contributed by atoms with Gasteiger partial charge in [0.05, 0.1) is 18.1 Å². The molecule has 7 nitrogen and oxygen atoms in total. The van der Waals surface area contributed by atoms with Crippen LogP contribution in [0.15, 0.2) is 103 Å². The summed E-state index contributed by atoms with van der Waals surface area (Å²) in [4.78, 5) is 16.7. The van der Waals surface area contributed by atoms with E-state index in [-0.39, 0.29) is 5.91 Å². The van der Waals surface area contributed by atoms with Crippen LogP contribution in [-0.4, -0.2) is 31.2 Å². The van der Waals surface area contributed by atoms with Gasteiger partial charge in [-0.1, -0.05) is 91.0 Å². The van der Waals surface area contributed by atoms with E-state index in [2.05, 4.69) is 93.7 Å².